The monoisotopic (exact) mass is 357 g/mol. The highest BCUT2D eigenvalue weighted by Gasteiger charge is 2.61. The molecule has 3 heteroatoms. The summed E-state index contributed by atoms with van der Waals surface area (Å²) in [4.78, 5) is 12.9. The molecule has 0 aliphatic heterocycles. The van der Waals surface area contributed by atoms with Crippen molar-refractivity contribution in [3.8, 4) is 0 Å². The normalized spacial score (nSPS) is 31.0. The van der Waals surface area contributed by atoms with E-state index in [4.69, 9.17) is 4.74 Å². The molecule has 0 aromatic heterocycles. The summed E-state index contributed by atoms with van der Waals surface area (Å²) < 4.78 is 5.75. The average molecular weight is 358 g/mol. The van der Waals surface area contributed by atoms with Crippen LogP contribution in [0.4, 0.5) is 0 Å². The van der Waals surface area contributed by atoms with Gasteiger partial charge in [-0.3, -0.25) is 4.79 Å². The van der Waals surface area contributed by atoms with Gasteiger partial charge in [0.15, 0.2) is 0 Å². The number of rotatable bonds is 5. The van der Waals surface area contributed by atoms with Crippen LogP contribution in [0.1, 0.15) is 66.4 Å². The van der Waals surface area contributed by atoms with Gasteiger partial charge in [-0.1, -0.05) is 51.1 Å². The molecule has 0 spiro atoms. The summed E-state index contributed by atoms with van der Waals surface area (Å²) in [5.41, 5.74) is 1.28. The molecule has 1 aromatic carbocycles. The summed E-state index contributed by atoms with van der Waals surface area (Å²) in [5.74, 6) is 0.617. The Morgan fingerprint density at radius 1 is 1.23 bits per heavy atom. The van der Waals surface area contributed by atoms with Crippen molar-refractivity contribution in [3.63, 3.8) is 0 Å². The number of carbonyl (C=O) groups is 1. The molecule has 4 atom stereocenters. The standard InChI is InChI=1S/C23H35NO2/c1-21(2,3)26-20(25)18(14-16-10-8-7-9-11-16)24-19-15-17-12-13-23(19,6)22(17,4)5/h7-11,17-19,24H,12-15H2,1-6H3/t17-,18+,19-,23+/m1/s1. The Morgan fingerprint density at radius 2 is 1.88 bits per heavy atom. The van der Waals surface area contributed by atoms with E-state index in [0.29, 0.717) is 17.9 Å². The zero-order valence-electron chi connectivity index (χ0n) is 17.3. The zero-order chi connectivity index (χ0) is 19.2. The van der Waals surface area contributed by atoms with Crippen LogP contribution in [-0.4, -0.2) is 23.7 Å². The predicted octanol–water partition coefficient (Wildman–Crippen LogP) is 4.74. The smallest absolute Gasteiger partial charge is 0.324 e. The molecule has 0 amide bonds. The molecular formula is C23H35NO2. The van der Waals surface area contributed by atoms with E-state index in [1.165, 1.54) is 18.4 Å². The fraction of sp³-hybridized carbons (Fsp3) is 0.696. The lowest BCUT2D eigenvalue weighted by Gasteiger charge is -2.41. The number of hydrogen-bond donors (Lipinski definition) is 1. The summed E-state index contributed by atoms with van der Waals surface area (Å²) in [6.07, 6.45) is 4.40. The zero-order valence-corrected chi connectivity index (χ0v) is 17.3. The molecule has 0 radical (unpaired) electrons. The topological polar surface area (TPSA) is 38.3 Å². The van der Waals surface area contributed by atoms with Gasteiger partial charge in [-0.2, -0.15) is 0 Å². The maximum Gasteiger partial charge on any atom is 0.324 e. The number of ether oxygens (including phenoxy) is 1. The van der Waals surface area contributed by atoms with E-state index < -0.39 is 5.60 Å². The largest absolute Gasteiger partial charge is 0.459 e. The lowest BCUT2D eigenvalue weighted by Crippen LogP contribution is -2.53. The first-order valence-electron chi connectivity index (χ1n) is 10.1. The van der Waals surface area contributed by atoms with Gasteiger partial charge in [0.05, 0.1) is 0 Å². The third-order valence-electron chi connectivity index (χ3n) is 7.17. The fourth-order valence-electron chi connectivity index (χ4n) is 5.13. The van der Waals surface area contributed by atoms with Gasteiger partial charge in [0, 0.05) is 6.04 Å². The molecule has 2 bridgehead atoms. The average Bonchev–Trinajstić information content (AvgIpc) is 2.87. The van der Waals surface area contributed by atoms with Crippen LogP contribution in [-0.2, 0) is 16.0 Å². The van der Waals surface area contributed by atoms with Crippen molar-refractivity contribution in [2.24, 2.45) is 16.7 Å². The number of hydrogen-bond acceptors (Lipinski definition) is 3. The Kier molecular flexibility index (Phi) is 4.98. The van der Waals surface area contributed by atoms with Gasteiger partial charge in [0.2, 0.25) is 0 Å². The molecular weight excluding hydrogens is 322 g/mol. The lowest BCUT2D eigenvalue weighted by atomic mass is 9.69. The summed E-state index contributed by atoms with van der Waals surface area (Å²) in [6.45, 7) is 13.0. The molecule has 0 heterocycles. The molecule has 3 nitrogen and oxygen atoms in total. The number of nitrogens with one attached hydrogen (secondary N) is 1. The first kappa shape index (κ1) is 19.4. The van der Waals surface area contributed by atoms with E-state index in [-0.39, 0.29) is 17.4 Å². The molecule has 1 N–H and O–H groups in total. The van der Waals surface area contributed by atoms with Crippen molar-refractivity contribution in [1.29, 1.82) is 0 Å². The van der Waals surface area contributed by atoms with E-state index in [1.54, 1.807) is 0 Å². The molecule has 0 unspecified atom stereocenters. The summed E-state index contributed by atoms with van der Waals surface area (Å²) in [5, 5.41) is 3.74. The third-order valence-corrected chi connectivity index (χ3v) is 7.17. The molecule has 2 fully saturated rings. The molecule has 0 saturated heterocycles. The first-order valence-corrected chi connectivity index (χ1v) is 10.1. The Balaban J connectivity index is 1.79. The van der Waals surface area contributed by atoms with Crippen LogP contribution in [0, 0.1) is 16.7 Å². The van der Waals surface area contributed by atoms with Crippen molar-refractivity contribution in [2.45, 2.75) is 84.9 Å². The van der Waals surface area contributed by atoms with E-state index in [1.807, 2.05) is 39.0 Å². The number of fused-ring (bicyclic) bond motifs is 2. The predicted molar refractivity (Wildman–Crippen MR) is 106 cm³/mol. The third kappa shape index (κ3) is 3.55. The van der Waals surface area contributed by atoms with E-state index >= 15 is 0 Å². The van der Waals surface area contributed by atoms with Gasteiger partial charge in [0.25, 0.3) is 0 Å². The highest BCUT2D eigenvalue weighted by molar-refractivity contribution is 5.76. The molecule has 2 aliphatic rings. The van der Waals surface area contributed by atoms with Gasteiger partial charge in [-0.05, 0) is 68.8 Å². The lowest BCUT2D eigenvalue weighted by molar-refractivity contribution is -0.158. The minimum Gasteiger partial charge on any atom is -0.459 e. The Bertz CT molecular complexity index is 646. The van der Waals surface area contributed by atoms with Crippen LogP contribution in [0.15, 0.2) is 30.3 Å². The molecule has 1 aromatic rings. The molecule has 26 heavy (non-hydrogen) atoms. The van der Waals surface area contributed by atoms with Crippen molar-refractivity contribution < 1.29 is 9.53 Å². The second-order valence-corrected chi connectivity index (χ2v) is 10.1. The van der Waals surface area contributed by atoms with Gasteiger partial charge < -0.3 is 10.1 Å². The van der Waals surface area contributed by atoms with Crippen LogP contribution < -0.4 is 5.32 Å². The maximum absolute atomic E-state index is 12.9. The minimum absolute atomic E-state index is 0.134. The SMILES string of the molecule is CC(C)(C)OC(=O)[C@H](Cc1ccccc1)N[C@@H]1C[C@H]2CC[C@]1(C)C2(C)C. The van der Waals surface area contributed by atoms with E-state index in [9.17, 15) is 4.79 Å². The van der Waals surface area contributed by atoms with Crippen LogP contribution >= 0.6 is 0 Å². The molecule has 3 rings (SSSR count). The number of esters is 1. The first-order chi connectivity index (χ1) is 12.0. The molecule has 2 aliphatic carbocycles. The number of carbonyl (C=O) groups excluding carboxylic acids is 1. The Labute approximate surface area is 158 Å². The summed E-state index contributed by atoms with van der Waals surface area (Å²) in [7, 11) is 0. The summed E-state index contributed by atoms with van der Waals surface area (Å²) in [6, 6.07) is 10.3. The van der Waals surface area contributed by atoms with Gasteiger partial charge in [-0.25, -0.2) is 0 Å². The maximum atomic E-state index is 12.9. The van der Waals surface area contributed by atoms with Crippen LogP contribution in [0.2, 0.25) is 0 Å². The number of benzene rings is 1. The quantitative estimate of drug-likeness (QED) is 0.773. The second-order valence-electron chi connectivity index (χ2n) is 10.1. The van der Waals surface area contributed by atoms with E-state index in [2.05, 4.69) is 38.2 Å². The fourth-order valence-corrected chi connectivity index (χ4v) is 5.13. The Morgan fingerprint density at radius 3 is 2.38 bits per heavy atom. The highest BCUT2D eigenvalue weighted by atomic mass is 16.6. The summed E-state index contributed by atoms with van der Waals surface area (Å²) >= 11 is 0. The van der Waals surface area contributed by atoms with Crippen LogP contribution in [0.5, 0.6) is 0 Å². The minimum atomic E-state index is -0.467. The van der Waals surface area contributed by atoms with Crippen molar-refractivity contribution in [2.75, 3.05) is 0 Å². The van der Waals surface area contributed by atoms with Crippen LogP contribution in [0.25, 0.3) is 0 Å². The Hall–Kier alpha value is -1.35. The van der Waals surface area contributed by atoms with Gasteiger partial charge in [0.1, 0.15) is 11.6 Å². The van der Waals surface area contributed by atoms with Crippen molar-refractivity contribution in [3.05, 3.63) is 35.9 Å². The molecule has 2 saturated carbocycles. The van der Waals surface area contributed by atoms with Crippen LogP contribution in [0.3, 0.4) is 0 Å². The highest BCUT2D eigenvalue weighted by Crippen LogP contribution is 2.65. The van der Waals surface area contributed by atoms with Crippen molar-refractivity contribution >= 4 is 5.97 Å². The van der Waals surface area contributed by atoms with E-state index in [0.717, 1.165) is 12.3 Å². The van der Waals surface area contributed by atoms with Crippen molar-refractivity contribution in [1.82, 2.24) is 5.32 Å². The van der Waals surface area contributed by atoms with Gasteiger partial charge in [-0.15, -0.1) is 0 Å². The second kappa shape index (κ2) is 6.67. The molecule has 144 valence electrons. The van der Waals surface area contributed by atoms with Gasteiger partial charge >= 0.3 is 5.97 Å².